The second-order valence-corrected chi connectivity index (χ2v) is 5.35. The number of amides is 1. The van der Waals surface area contributed by atoms with Crippen molar-refractivity contribution in [2.24, 2.45) is 0 Å². The zero-order chi connectivity index (χ0) is 13.6. The number of nitrogens with one attached hydrogen (secondary N) is 1. The van der Waals surface area contributed by atoms with Crippen LogP contribution in [0.5, 0.6) is 5.75 Å². The fourth-order valence-electron chi connectivity index (χ4n) is 1.60. The van der Waals surface area contributed by atoms with Gasteiger partial charge in [0.1, 0.15) is 5.75 Å². The Morgan fingerprint density at radius 2 is 1.83 bits per heavy atom. The maximum absolute atomic E-state index is 11.8. The summed E-state index contributed by atoms with van der Waals surface area (Å²) in [6.07, 6.45) is 0.978. The van der Waals surface area contributed by atoms with Gasteiger partial charge in [-0.1, -0.05) is 0 Å². The molecular formula is C14H23N2O2+. The predicted molar refractivity (Wildman–Crippen MR) is 72.8 cm³/mol. The van der Waals surface area contributed by atoms with E-state index in [0.29, 0.717) is 12.1 Å². The van der Waals surface area contributed by atoms with Crippen LogP contribution in [0.2, 0.25) is 0 Å². The van der Waals surface area contributed by atoms with Crippen LogP contribution in [0.4, 0.5) is 0 Å². The first-order chi connectivity index (χ1) is 8.42. The molecule has 1 amide bonds. The van der Waals surface area contributed by atoms with Crippen LogP contribution in [0.3, 0.4) is 0 Å². The Kier molecular flexibility index (Phi) is 5.16. The van der Waals surface area contributed by atoms with Gasteiger partial charge in [0.2, 0.25) is 0 Å². The molecule has 1 aromatic rings. The van der Waals surface area contributed by atoms with Crippen LogP contribution < -0.4 is 10.1 Å². The molecule has 0 aliphatic rings. The van der Waals surface area contributed by atoms with Crippen molar-refractivity contribution in [3.63, 3.8) is 0 Å². The molecule has 0 atom stereocenters. The Morgan fingerprint density at radius 1 is 1.22 bits per heavy atom. The van der Waals surface area contributed by atoms with Gasteiger partial charge in [-0.15, -0.1) is 0 Å². The third kappa shape index (κ3) is 5.19. The highest BCUT2D eigenvalue weighted by Crippen LogP contribution is 2.10. The molecule has 0 fully saturated rings. The van der Waals surface area contributed by atoms with Crippen molar-refractivity contribution in [1.29, 1.82) is 0 Å². The number of quaternary nitrogens is 1. The minimum atomic E-state index is -0.0286. The molecule has 4 nitrogen and oxygen atoms in total. The number of hydrogen-bond acceptors (Lipinski definition) is 2. The van der Waals surface area contributed by atoms with E-state index in [2.05, 4.69) is 26.5 Å². The topological polar surface area (TPSA) is 38.3 Å². The fourth-order valence-corrected chi connectivity index (χ4v) is 1.60. The minimum absolute atomic E-state index is 0.0286. The highest BCUT2D eigenvalue weighted by molar-refractivity contribution is 5.94. The van der Waals surface area contributed by atoms with Crippen LogP contribution in [0.15, 0.2) is 24.3 Å². The summed E-state index contributed by atoms with van der Waals surface area (Å²) in [5.74, 6) is 0.732. The van der Waals surface area contributed by atoms with Crippen molar-refractivity contribution >= 4 is 5.91 Å². The van der Waals surface area contributed by atoms with E-state index in [1.807, 2.05) is 0 Å². The maximum atomic E-state index is 11.8. The van der Waals surface area contributed by atoms with E-state index < -0.39 is 0 Å². The zero-order valence-corrected chi connectivity index (χ0v) is 11.7. The van der Waals surface area contributed by atoms with Gasteiger partial charge in [-0.3, -0.25) is 4.79 Å². The summed E-state index contributed by atoms with van der Waals surface area (Å²) in [5.41, 5.74) is 0.668. The van der Waals surface area contributed by atoms with Gasteiger partial charge >= 0.3 is 0 Å². The standard InChI is InChI=1S/C14H22N2O2/c1-16(2,3)11-5-10-15-14(17)12-6-8-13(18-4)9-7-12/h6-9H,5,10-11H2,1-4H3/p+1. The molecule has 0 bridgehead atoms. The normalized spacial score (nSPS) is 11.1. The summed E-state index contributed by atoms with van der Waals surface area (Å²) in [6.45, 7) is 1.75. The molecule has 0 saturated carbocycles. The quantitative estimate of drug-likeness (QED) is 0.615. The minimum Gasteiger partial charge on any atom is -0.497 e. The van der Waals surface area contributed by atoms with Crippen LogP contribution in [0.1, 0.15) is 16.8 Å². The zero-order valence-electron chi connectivity index (χ0n) is 11.7. The molecule has 0 radical (unpaired) electrons. The molecule has 0 aliphatic heterocycles. The molecule has 0 aliphatic carbocycles. The highest BCUT2D eigenvalue weighted by atomic mass is 16.5. The van der Waals surface area contributed by atoms with Gasteiger partial charge in [0.15, 0.2) is 0 Å². The third-order valence-electron chi connectivity index (χ3n) is 2.64. The van der Waals surface area contributed by atoms with E-state index in [0.717, 1.165) is 23.2 Å². The number of rotatable bonds is 6. The molecule has 0 spiro atoms. The van der Waals surface area contributed by atoms with E-state index in [1.165, 1.54) is 0 Å². The van der Waals surface area contributed by atoms with Gasteiger partial charge in [-0.05, 0) is 24.3 Å². The first-order valence-corrected chi connectivity index (χ1v) is 6.15. The lowest BCUT2D eigenvalue weighted by Gasteiger charge is -2.23. The lowest BCUT2D eigenvalue weighted by molar-refractivity contribution is -0.870. The molecular weight excluding hydrogens is 228 g/mol. The Bertz CT molecular complexity index is 380. The van der Waals surface area contributed by atoms with Crippen molar-refractivity contribution in [3.05, 3.63) is 29.8 Å². The second-order valence-electron chi connectivity index (χ2n) is 5.35. The summed E-state index contributed by atoms with van der Waals surface area (Å²) < 4.78 is 5.97. The molecule has 4 heteroatoms. The highest BCUT2D eigenvalue weighted by Gasteiger charge is 2.08. The molecule has 18 heavy (non-hydrogen) atoms. The van der Waals surface area contributed by atoms with Crippen molar-refractivity contribution in [3.8, 4) is 5.75 Å². The Balaban J connectivity index is 2.36. The van der Waals surface area contributed by atoms with Crippen LogP contribution in [0.25, 0.3) is 0 Å². The van der Waals surface area contributed by atoms with Gasteiger partial charge in [-0.25, -0.2) is 0 Å². The van der Waals surface area contributed by atoms with Crippen LogP contribution >= 0.6 is 0 Å². The Hall–Kier alpha value is -1.55. The first kappa shape index (κ1) is 14.5. The number of carbonyl (C=O) groups is 1. The molecule has 1 aromatic carbocycles. The van der Waals surface area contributed by atoms with Gasteiger partial charge in [-0.2, -0.15) is 0 Å². The summed E-state index contributed by atoms with van der Waals surface area (Å²) >= 11 is 0. The fraction of sp³-hybridized carbons (Fsp3) is 0.500. The maximum Gasteiger partial charge on any atom is 0.251 e. The lowest BCUT2D eigenvalue weighted by atomic mass is 10.2. The molecule has 100 valence electrons. The number of hydrogen-bond donors (Lipinski definition) is 1. The first-order valence-electron chi connectivity index (χ1n) is 6.15. The largest absolute Gasteiger partial charge is 0.497 e. The molecule has 1 N–H and O–H groups in total. The third-order valence-corrected chi connectivity index (χ3v) is 2.64. The summed E-state index contributed by atoms with van der Waals surface area (Å²) in [7, 11) is 8.04. The monoisotopic (exact) mass is 251 g/mol. The van der Waals surface area contributed by atoms with Crippen LogP contribution in [0, 0.1) is 0 Å². The van der Waals surface area contributed by atoms with E-state index in [4.69, 9.17) is 4.74 Å². The molecule has 1 rings (SSSR count). The predicted octanol–water partition coefficient (Wildman–Crippen LogP) is 1.52. The smallest absolute Gasteiger partial charge is 0.251 e. The average Bonchev–Trinajstić information content (AvgIpc) is 2.33. The summed E-state index contributed by atoms with van der Waals surface area (Å²) in [6, 6.07) is 7.13. The van der Waals surface area contributed by atoms with Crippen LogP contribution in [-0.2, 0) is 0 Å². The van der Waals surface area contributed by atoms with Crippen molar-refractivity contribution < 1.29 is 14.0 Å². The van der Waals surface area contributed by atoms with Gasteiger partial charge in [0.05, 0.1) is 34.8 Å². The van der Waals surface area contributed by atoms with E-state index in [-0.39, 0.29) is 5.91 Å². The SMILES string of the molecule is COc1ccc(C(=O)NCCC[N+](C)(C)C)cc1. The number of benzene rings is 1. The van der Waals surface area contributed by atoms with Crippen LogP contribution in [-0.4, -0.2) is 51.7 Å². The molecule has 0 heterocycles. The van der Waals surface area contributed by atoms with E-state index >= 15 is 0 Å². The van der Waals surface area contributed by atoms with Gasteiger partial charge in [0, 0.05) is 18.5 Å². The summed E-state index contributed by atoms with van der Waals surface area (Å²) in [4.78, 5) is 11.8. The molecule has 0 aromatic heterocycles. The van der Waals surface area contributed by atoms with Crippen molar-refractivity contribution in [1.82, 2.24) is 5.32 Å². The number of ether oxygens (including phenoxy) is 1. The van der Waals surface area contributed by atoms with Gasteiger partial charge < -0.3 is 14.5 Å². The molecule has 0 saturated heterocycles. The number of nitrogens with zero attached hydrogens (tertiary/aromatic N) is 1. The summed E-state index contributed by atoms with van der Waals surface area (Å²) in [5, 5.41) is 2.92. The van der Waals surface area contributed by atoms with E-state index in [1.54, 1.807) is 31.4 Å². The Morgan fingerprint density at radius 3 is 2.33 bits per heavy atom. The number of carbonyl (C=O) groups excluding carboxylic acids is 1. The second kappa shape index (κ2) is 6.40. The molecule has 0 unspecified atom stereocenters. The van der Waals surface area contributed by atoms with E-state index in [9.17, 15) is 4.79 Å². The lowest BCUT2D eigenvalue weighted by Crippen LogP contribution is -2.37. The Labute approximate surface area is 109 Å². The number of methoxy groups -OCH3 is 1. The van der Waals surface area contributed by atoms with Crippen molar-refractivity contribution in [2.75, 3.05) is 41.3 Å². The van der Waals surface area contributed by atoms with Gasteiger partial charge in [0.25, 0.3) is 5.91 Å². The average molecular weight is 251 g/mol. The van der Waals surface area contributed by atoms with Crippen molar-refractivity contribution in [2.45, 2.75) is 6.42 Å².